The number of aryl methyl sites for hydroxylation is 1. The predicted octanol–water partition coefficient (Wildman–Crippen LogP) is 4.71. The molecule has 0 saturated heterocycles. The Morgan fingerprint density at radius 1 is 1.26 bits per heavy atom. The van der Waals surface area contributed by atoms with E-state index < -0.39 is 4.92 Å². The van der Waals surface area contributed by atoms with Crippen LogP contribution in [0.15, 0.2) is 48.7 Å². The number of rotatable bonds is 5. The topological polar surface area (TPSA) is 90.1 Å². The molecule has 0 aliphatic carbocycles. The van der Waals surface area contributed by atoms with Crippen LogP contribution in [0.5, 0.6) is 0 Å². The Morgan fingerprint density at radius 3 is 2.74 bits per heavy atom. The summed E-state index contributed by atoms with van der Waals surface area (Å²) in [6, 6.07) is 11.0. The van der Waals surface area contributed by atoms with Gasteiger partial charge in [0.2, 0.25) is 0 Å². The molecule has 0 radical (unpaired) electrons. The first-order valence-electron chi connectivity index (χ1n) is 7.88. The third-order valence-corrected chi connectivity index (χ3v) is 4.83. The normalized spacial score (nSPS) is 10.6. The van der Waals surface area contributed by atoms with Gasteiger partial charge in [-0.3, -0.25) is 14.9 Å². The molecule has 9 heteroatoms. The average Bonchev–Trinajstić information content (AvgIpc) is 3.05. The molecule has 3 aromatic rings. The molecule has 0 unspecified atom stereocenters. The van der Waals surface area contributed by atoms with Gasteiger partial charge in [0.05, 0.1) is 27.7 Å². The number of hydrogen-bond acceptors (Lipinski definition) is 4. The summed E-state index contributed by atoms with van der Waals surface area (Å²) in [7, 11) is 0. The lowest BCUT2D eigenvalue weighted by Crippen LogP contribution is -2.17. The zero-order chi connectivity index (χ0) is 19.6. The Bertz CT molecular complexity index is 1030. The van der Waals surface area contributed by atoms with Crippen molar-refractivity contribution >= 4 is 40.6 Å². The van der Waals surface area contributed by atoms with Crippen LogP contribution < -0.4 is 5.32 Å². The number of halogens is 2. The minimum Gasteiger partial charge on any atom is -0.307 e. The largest absolute Gasteiger partial charge is 0.307 e. The number of non-ortho nitro benzene ring substituents is 1. The van der Waals surface area contributed by atoms with Gasteiger partial charge in [0.15, 0.2) is 0 Å². The Labute approximate surface area is 164 Å². The summed E-state index contributed by atoms with van der Waals surface area (Å²) in [6.07, 6.45) is 1.55. The second kappa shape index (κ2) is 7.77. The molecule has 138 valence electrons. The van der Waals surface area contributed by atoms with Crippen LogP contribution in [0, 0.1) is 17.0 Å². The number of hydrogen-bond donors (Lipinski definition) is 1. The van der Waals surface area contributed by atoms with Gasteiger partial charge in [0, 0.05) is 23.8 Å². The highest BCUT2D eigenvalue weighted by molar-refractivity contribution is 6.42. The Balaban J connectivity index is 1.81. The summed E-state index contributed by atoms with van der Waals surface area (Å²) in [6.45, 7) is 1.96. The number of nitrogens with zero attached hydrogens (tertiary/aromatic N) is 3. The number of aromatic nitrogens is 2. The van der Waals surface area contributed by atoms with Crippen molar-refractivity contribution in [2.24, 2.45) is 0 Å². The molecule has 27 heavy (non-hydrogen) atoms. The summed E-state index contributed by atoms with van der Waals surface area (Å²) in [5.74, 6) is 0.0788. The standard InChI is InChI=1S/C18H14Cl2N4O3/c1-11-9-13(24(26)27)5-6-14(11)18(25)22-16-7-8-21-23(16)10-12-3-2-4-15(19)17(12)20/h2-9H,10H2,1H3,(H,22,25). The van der Waals surface area contributed by atoms with Crippen molar-refractivity contribution in [2.75, 3.05) is 5.32 Å². The summed E-state index contributed by atoms with van der Waals surface area (Å²) < 4.78 is 1.58. The Hall–Kier alpha value is -2.90. The molecule has 0 fully saturated rings. The van der Waals surface area contributed by atoms with Crippen molar-refractivity contribution in [1.29, 1.82) is 0 Å². The summed E-state index contributed by atoms with van der Waals surface area (Å²) >= 11 is 12.2. The molecule has 1 N–H and O–H groups in total. The molecule has 0 spiro atoms. The maximum atomic E-state index is 12.6. The molecule has 2 aromatic carbocycles. The number of nitro groups is 1. The van der Waals surface area contributed by atoms with Crippen molar-refractivity contribution in [3.63, 3.8) is 0 Å². The SMILES string of the molecule is Cc1cc([N+](=O)[O-])ccc1C(=O)Nc1ccnn1Cc1cccc(Cl)c1Cl. The lowest BCUT2D eigenvalue weighted by molar-refractivity contribution is -0.384. The number of amides is 1. The average molecular weight is 405 g/mol. The van der Waals surface area contributed by atoms with Crippen molar-refractivity contribution in [2.45, 2.75) is 13.5 Å². The monoisotopic (exact) mass is 404 g/mol. The van der Waals surface area contributed by atoms with Crippen molar-refractivity contribution in [3.05, 3.63) is 85.5 Å². The third kappa shape index (κ3) is 4.10. The first-order chi connectivity index (χ1) is 12.9. The molecule has 1 aromatic heterocycles. The fraction of sp³-hybridized carbons (Fsp3) is 0.111. The van der Waals surface area contributed by atoms with E-state index >= 15 is 0 Å². The van der Waals surface area contributed by atoms with Crippen LogP contribution in [0.3, 0.4) is 0 Å². The number of nitro benzene ring substituents is 1. The van der Waals surface area contributed by atoms with Crippen molar-refractivity contribution in [1.82, 2.24) is 9.78 Å². The Kier molecular flexibility index (Phi) is 5.43. The third-order valence-electron chi connectivity index (χ3n) is 3.98. The highest BCUT2D eigenvalue weighted by Gasteiger charge is 2.16. The summed E-state index contributed by atoms with van der Waals surface area (Å²) in [4.78, 5) is 22.9. The summed E-state index contributed by atoms with van der Waals surface area (Å²) in [5.41, 5.74) is 1.54. The van der Waals surface area contributed by atoms with Crippen LogP contribution in [0.25, 0.3) is 0 Å². The number of carbonyl (C=O) groups excluding carboxylic acids is 1. The first-order valence-corrected chi connectivity index (χ1v) is 8.63. The van der Waals surface area contributed by atoms with E-state index in [-0.39, 0.29) is 11.6 Å². The van der Waals surface area contributed by atoms with Gasteiger partial charge in [-0.1, -0.05) is 35.3 Å². The van der Waals surface area contributed by atoms with E-state index in [4.69, 9.17) is 23.2 Å². The number of carbonyl (C=O) groups is 1. The molecular formula is C18H14Cl2N4O3. The summed E-state index contributed by atoms with van der Waals surface area (Å²) in [5, 5.41) is 18.7. The van der Waals surface area contributed by atoms with Crippen LogP contribution in [-0.4, -0.2) is 20.6 Å². The van der Waals surface area contributed by atoms with Crippen LogP contribution in [0.2, 0.25) is 10.0 Å². The number of nitrogens with one attached hydrogen (secondary N) is 1. The van der Waals surface area contributed by atoms with E-state index in [2.05, 4.69) is 10.4 Å². The van der Waals surface area contributed by atoms with E-state index in [1.54, 1.807) is 36.0 Å². The van der Waals surface area contributed by atoms with Crippen LogP contribution in [0.4, 0.5) is 11.5 Å². The van der Waals surface area contributed by atoms with Gasteiger partial charge in [-0.25, -0.2) is 4.68 Å². The molecule has 0 aliphatic heterocycles. The lowest BCUT2D eigenvalue weighted by atomic mass is 10.1. The van der Waals surface area contributed by atoms with Crippen LogP contribution in [0.1, 0.15) is 21.5 Å². The van der Waals surface area contributed by atoms with Gasteiger partial charge in [0.1, 0.15) is 5.82 Å². The van der Waals surface area contributed by atoms with E-state index in [0.29, 0.717) is 33.5 Å². The van der Waals surface area contributed by atoms with E-state index in [0.717, 1.165) is 5.56 Å². The highest BCUT2D eigenvalue weighted by Crippen LogP contribution is 2.27. The van der Waals surface area contributed by atoms with Gasteiger partial charge in [-0.05, 0) is 30.2 Å². The highest BCUT2D eigenvalue weighted by atomic mass is 35.5. The molecule has 1 amide bonds. The fourth-order valence-corrected chi connectivity index (χ4v) is 2.98. The zero-order valence-corrected chi connectivity index (χ0v) is 15.7. The molecule has 3 rings (SSSR count). The number of anilines is 1. The zero-order valence-electron chi connectivity index (χ0n) is 14.1. The minimum atomic E-state index is -0.501. The fourth-order valence-electron chi connectivity index (χ4n) is 2.60. The van der Waals surface area contributed by atoms with Gasteiger partial charge < -0.3 is 5.32 Å². The quantitative estimate of drug-likeness (QED) is 0.492. The van der Waals surface area contributed by atoms with Crippen LogP contribution >= 0.6 is 23.2 Å². The number of benzene rings is 2. The molecule has 1 heterocycles. The van der Waals surface area contributed by atoms with Gasteiger partial charge in [-0.15, -0.1) is 0 Å². The maximum Gasteiger partial charge on any atom is 0.269 e. The molecule has 0 atom stereocenters. The van der Waals surface area contributed by atoms with E-state index in [9.17, 15) is 14.9 Å². The van der Waals surface area contributed by atoms with E-state index in [1.807, 2.05) is 6.07 Å². The smallest absolute Gasteiger partial charge is 0.269 e. The van der Waals surface area contributed by atoms with Gasteiger partial charge in [-0.2, -0.15) is 5.10 Å². The second-order valence-electron chi connectivity index (χ2n) is 5.80. The van der Waals surface area contributed by atoms with Crippen molar-refractivity contribution in [3.8, 4) is 0 Å². The Morgan fingerprint density at radius 2 is 2.04 bits per heavy atom. The van der Waals surface area contributed by atoms with Gasteiger partial charge >= 0.3 is 0 Å². The molecule has 0 saturated carbocycles. The first kappa shape index (κ1) is 18.9. The molecule has 0 bridgehead atoms. The van der Waals surface area contributed by atoms with Crippen LogP contribution in [-0.2, 0) is 6.54 Å². The second-order valence-corrected chi connectivity index (χ2v) is 6.58. The molecular weight excluding hydrogens is 391 g/mol. The molecule has 0 aliphatic rings. The minimum absolute atomic E-state index is 0.0651. The predicted molar refractivity (Wildman–Crippen MR) is 104 cm³/mol. The maximum absolute atomic E-state index is 12.6. The lowest BCUT2D eigenvalue weighted by Gasteiger charge is -2.11. The van der Waals surface area contributed by atoms with Crippen molar-refractivity contribution < 1.29 is 9.72 Å². The van der Waals surface area contributed by atoms with Gasteiger partial charge in [0.25, 0.3) is 11.6 Å². The van der Waals surface area contributed by atoms with E-state index in [1.165, 1.54) is 18.2 Å². The molecule has 7 nitrogen and oxygen atoms in total.